The van der Waals surface area contributed by atoms with E-state index in [2.05, 4.69) is 48.6 Å². The Kier molecular flexibility index (Phi) is 4.77. The summed E-state index contributed by atoms with van der Waals surface area (Å²) in [5, 5.41) is 3.04. The van der Waals surface area contributed by atoms with Crippen LogP contribution in [0.3, 0.4) is 0 Å². The molecule has 3 N–H and O–H groups in total. The summed E-state index contributed by atoms with van der Waals surface area (Å²) in [7, 11) is 0. The summed E-state index contributed by atoms with van der Waals surface area (Å²) in [5.74, 6) is 0.0956. The third-order valence-electron chi connectivity index (χ3n) is 4.59. The second kappa shape index (κ2) is 6.97. The molecule has 3 heteroatoms. The zero-order valence-electron chi connectivity index (χ0n) is 13.6. The lowest BCUT2D eigenvalue weighted by atomic mass is 9.90. The van der Waals surface area contributed by atoms with Crippen LogP contribution < -0.4 is 11.1 Å². The van der Waals surface area contributed by atoms with Gasteiger partial charge in [0.1, 0.15) is 0 Å². The molecule has 2 aromatic carbocycles. The number of carbonyl (C=O) groups excluding carboxylic acids is 1. The highest BCUT2D eigenvalue weighted by Crippen LogP contribution is 2.33. The first-order valence-electron chi connectivity index (χ1n) is 8.42. The molecule has 3 rings (SSSR count). The molecule has 1 aliphatic heterocycles. The molecule has 1 aliphatic rings. The average Bonchev–Trinajstić information content (AvgIpc) is 2.59. The van der Waals surface area contributed by atoms with E-state index in [1.54, 1.807) is 0 Å². The maximum Gasteiger partial charge on any atom is 0.224 e. The molecule has 120 valence electrons. The third-order valence-corrected chi connectivity index (χ3v) is 4.59. The SMILES string of the molecule is CCc1cc2c(c(C(N)CCc3ccccc3)c1)NC(=O)CC2. The molecule has 0 spiro atoms. The molecule has 0 aliphatic carbocycles. The highest BCUT2D eigenvalue weighted by Gasteiger charge is 2.21. The predicted octanol–water partition coefficient (Wildman–Crippen LogP) is 3.77. The molecule has 3 nitrogen and oxygen atoms in total. The fraction of sp³-hybridized carbons (Fsp3) is 0.350. The highest BCUT2D eigenvalue weighted by atomic mass is 16.1. The minimum atomic E-state index is -0.0612. The van der Waals surface area contributed by atoms with Crippen LogP contribution in [0.4, 0.5) is 5.69 Å². The Labute approximate surface area is 137 Å². The normalized spacial score (nSPS) is 15.0. The molecule has 0 radical (unpaired) electrons. The lowest BCUT2D eigenvalue weighted by Gasteiger charge is -2.24. The van der Waals surface area contributed by atoms with Crippen LogP contribution in [0.15, 0.2) is 42.5 Å². The van der Waals surface area contributed by atoms with Crippen molar-refractivity contribution in [3.8, 4) is 0 Å². The van der Waals surface area contributed by atoms with Gasteiger partial charge in [-0.2, -0.15) is 0 Å². The van der Waals surface area contributed by atoms with Gasteiger partial charge in [0.25, 0.3) is 0 Å². The number of carbonyl (C=O) groups is 1. The van der Waals surface area contributed by atoms with Crippen LogP contribution in [0.2, 0.25) is 0 Å². The largest absolute Gasteiger partial charge is 0.326 e. The summed E-state index contributed by atoms with van der Waals surface area (Å²) >= 11 is 0. The van der Waals surface area contributed by atoms with Crippen molar-refractivity contribution in [2.75, 3.05) is 5.32 Å². The molecule has 0 fully saturated rings. The molecule has 0 aromatic heterocycles. The molecule has 0 saturated carbocycles. The number of hydrogen-bond acceptors (Lipinski definition) is 2. The Morgan fingerprint density at radius 1 is 1.13 bits per heavy atom. The van der Waals surface area contributed by atoms with E-state index in [1.165, 1.54) is 16.7 Å². The molecule has 23 heavy (non-hydrogen) atoms. The third kappa shape index (κ3) is 3.62. The number of anilines is 1. The first-order valence-corrected chi connectivity index (χ1v) is 8.42. The first kappa shape index (κ1) is 15.8. The van der Waals surface area contributed by atoms with Gasteiger partial charge in [0.05, 0.1) is 0 Å². The van der Waals surface area contributed by atoms with Crippen LogP contribution >= 0.6 is 0 Å². The highest BCUT2D eigenvalue weighted by molar-refractivity contribution is 5.95. The Balaban J connectivity index is 1.84. The summed E-state index contributed by atoms with van der Waals surface area (Å²) in [4.78, 5) is 11.8. The number of aryl methyl sites for hydroxylation is 3. The summed E-state index contributed by atoms with van der Waals surface area (Å²) in [6, 6.07) is 14.7. The molecular weight excluding hydrogens is 284 g/mol. The van der Waals surface area contributed by atoms with Gasteiger partial charge in [-0.25, -0.2) is 0 Å². The van der Waals surface area contributed by atoms with Crippen molar-refractivity contribution >= 4 is 11.6 Å². The van der Waals surface area contributed by atoms with Crippen LogP contribution in [0.5, 0.6) is 0 Å². The van der Waals surface area contributed by atoms with Gasteiger partial charge in [-0.15, -0.1) is 0 Å². The van der Waals surface area contributed by atoms with Gasteiger partial charge in [0.2, 0.25) is 5.91 Å². The summed E-state index contributed by atoms with van der Waals surface area (Å²) in [6.45, 7) is 2.16. The van der Waals surface area contributed by atoms with Crippen molar-refractivity contribution in [1.82, 2.24) is 0 Å². The van der Waals surface area contributed by atoms with Crippen LogP contribution in [-0.4, -0.2) is 5.91 Å². The maximum atomic E-state index is 11.8. The van der Waals surface area contributed by atoms with E-state index in [0.29, 0.717) is 6.42 Å². The fourth-order valence-corrected chi connectivity index (χ4v) is 3.21. The first-order chi connectivity index (χ1) is 11.2. The number of nitrogens with one attached hydrogen (secondary N) is 1. The van der Waals surface area contributed by atoms with E-state index < -0.39 is 0 Å². The van der Waals surface area contributed by atoms with Gasteiger partial charge in [0.15, 0.2) is 0 Å². The Morgan fingerprint density at radius 2 is 1.91 bits per heavy atom. The summed E-state index contributed by atoms with van der Waals surface area (Å²) in [5.41, 5.74) is 12.4. The monoisotopic (exact) mass is 308 g/mol. The Bertz CT molecular complexity index is 694. The van der Waals surface area contributed by atoms with Crippen LogP contribution in [0.1, 0.15) is 48.1 Å². The minimum absolute atomic E-state index is 0.0612. The van der Waals surface area contributed by atoms with Crippen molar-refractivity contribution in [1.29, 1.82) is 0 Å². The number of hydrogen-bond donors (Lipinski definition) is 2. The molecule has 2 aromatic rings. The molecule has 0 saturated heterocycles. The molecule has 1 amide bonds. The number of benzene rings is 2. The van der Waals surface area contributed by atoms with Crippen LogP contribution in [0, 0.1) is 0 Å². The molecule has 1 unspecified atom stereocenters. The molecule has 1 heterocycles. The van der Waals surface area contributed by atoms with Crippen molar-refractivity contribution in [2.45, 2.75) is 45.1 Å². The summed E-state index contributed by atoms with van der Waals surface area (Å²) < 4.78 is 0. The molecule has 1 atom stereocenters. The van der Waals surface area contributed by atoms with E-state index in [-0.39, 0.29) is 11.9 Å². The minimum Gasteiger partial charge on any atom is -0.326 e. The van der Waals surface area contributed by atoms with Gasteiger partial charge in [-0.1, -0.05) is 49.4 Å². The molecular formula is C20H24N2O. The van der Waals surface area contributed by atoms with E-state index in [9.17, 15) is 4.79 Å². The predicted molar refractivity (Wildman–Crippen MR) is 94.5 cm³/mol. The second-order valence-corrected chi connectivity index (χ2v) is 6.25. The zero-order chi connectivity index (χ0) is 16.2. The Morgan fingerprint density at radius 3 is 2.65 bits per heavy atom. The number of fused-ring (bicyclic) bond motifs is 1. The van der Waals surface area contributed by atoms with Crippen molar-refractivity contribution in [2.24, 2.45) is 5.73 Å². The van der Waals surface area contributed by atoms with Crippen LogP contribution in [-0.2, 0) is 24.1 Å². The van der Waals surface area contributed by atoms with Gasteiger partial charge >= 0.3 is 0 Å². The fourth-order valence-electron chi connectivity index (χ4n) is 3.21. The van der Waals surface area contributed by atoms with Gasteiger partial charge in [-0.3, -0.25) is 4.79 Å². The van der Waals surface area contributed by atoms with Crippen molar-refractivity contribution in [3.05, 3.63) is 64.7 Å². The smallest absolute Gasteiger partial charge is 0.224 e. The van der Waals surface area contributed by atoms with Crippen molar-refractivity contribution in [3.63, 3.8) is 0 Å². The van der Waals surface area contributed by atoms with Crippen LogP contribution in [0.25, 0.3) is 0 Å². The number of rotatable bonds is 5. The topological polar surface area (TPSA) is 55.1 Å². The van der Waals surface area contributed by atoms with Gasteiger partial charge in [-0.05, 0) is 47.9 Å². The standard InChI is InChI=1S/C20H24N2O/c1-2-14-12-16-9-11-19(23)22-20(16)17(13-14)18(21)10-8-15-6-4-3-5-7-15/h3-7,12-13,18H,2,8-11,21H2,1H3,(H,22,23). The van der Waals surface area contributed by atoms with E-state index in [1.807, 2.05) is 6.07 Å². The number of amides is 1. The maximum absolute atomic E-state index is 11.8. The Hall–Kier alpha value is -2.13. The second-order valence-electron chi connectivity index (χ2n) is 6.25. The lowest BCUT2D eigenvalue weighted by Crippen LogP contribution is -2.23. The van der Waals surface area contributed by atoms with E-state index >= 15 is 0 Å². The number of nitrogens with two attached hydrogens (primary N) is 1. The van der Waals surface area contributed by atoms with Gasteiger partial charge in [0, 0.05) is 18.2 Å². The van der Waals surface area contributed by atoms with E-state index in [0.717, 1.165) is 36.9 Å². The molecule has 0 bridgehead atoms. The van der Waals surface area contributed by atoms with E-state index in [4.69, 9.17) is 5.73 Å². The average molecular weight is 308 g/mol. The van der Waals surface area contributed by atoms with Gasteiger partial charge < -0.3 is 11.1 Å². The quantitative estimate of drug-likeness (QED) is 0.883. The summed E-state index contributed by atoms with van der Waals surface area (Å²) in [6.07, 6.45) is 4.19. The lowest BCUT2D eigenvalue weighted by molar-refractivity contribution is -0.116. The van der Waals surface area contributed by atoms with Crippen molar-refractivity contribution < 1.29 is 4.79 Å². The zero-order valence-corrected chi connectivity index (χ0v) is 13.6.